The van der Waals surface area contributed by atoms with Crippen LogP contribution in [0, 0.1) is 11.3 Å². The fraction of sp³-hybridized carbons (Fsp3) is 0.474. The lowest BCUT2D eigenvalue weighted by Gasteiger charge is -2.36. The molecule has 0 radical (unpaired) electrons. The van der Waals surface area contributed by atoms with Crippen molar-refractivity contribution in [2.45, 2.75) is 19.3 Å². The summed E-state index contributed by atoms with van der Waals surface area (Å²) in [4.78, 5) is 20.0. The van der Waals surface area contributed by atoms with Crippen LogP contribution in [0.2, 0.25) is 0 Å². The van der Waals surface area contributed by atoms with E-state index in [2.05, 4.69) is 25.8 Å². The second kappa shape index (κ2) is 6.79. The van der Waals surface area contributed by atoms with Gasteiger partial charge in [0.05, 0.1) is 5.56 Å². The van der Waals surface area contributed by atoms with Crippen LogP contribution in [0.15, 0.2) is 18.5 Å². The number of hydrogen-bond donors (Lipinski definition) is 0. The van der Waals surface area contributed by atoms with Crippen LogP contribution in [0.3, 0.4) is 0 Å². The van der Waals surface area contributed by atoms with E-state index >= 15 is 0 Å². The fourth-order valence-electron chi connectivity index (χ4n) is 3.69. The predicted octanol–water partition coefficient (Wildman–Crippen LogP) is 1.62. The average Bonchev–Trinajstić information content (AvgIpc) is 3.14. The van der Waals surface area contributed by atoms with Crippen molar-refractivity contribution < 1.29 is 0 Å². The molecule has 1 saturated heterocycles. The molecule has 0 aromatic carbocycles. The zero-order valence-electron chi connectivity index (χ0n) is 15.3. The van der Waals surface area contributed by atoms with E-state index in [1.165, 1.54) is 11.3 Å². The highest BCUT2D eigenvalue weighted by atomic mass is 15.3. The van der Waals surface area contributed by atoms with Crippen molar-refractivity contribution >= 4 is 17.5 Å². The molecule has 0 amide bonds. The zero-order valence-corrected chi connectivity index (χ0v) is 15.3. The summed E-state index contributed by atoms with van der Waals surface area (Å²) in [6.45, 7) is 3.38. The molecule has 0 spiro atoms. The monoisotopic (exact) mass is 349 g/mol. The molecular formula is C19H23N7. The number of piperazine rings is 1. The van der Waals surface area contributed by atoms with Gasteiger partial charge in [0.15, 0.2) is 0 Å². The number of anilines is 3. The molecule has 134 valence electrons. The SMILES string of the molecule is CN(C)c1cc(N2CCN(c3nc4c(cc3C#N)CCC4)CC2)ncn1. The lowest BCUT2D eigenvalue weighted by Crippen LogP contribution is -2.47. The minimum atomic E-state index is 0.705. The molecule has 2 aromatic rings. The predicted molar refractivity (Wildman–Crippen MR) is 102 cm³/mol. The van der Waals surface area contributed by atoms with Gasteiger partial charge in [0.2, 0.25) is 0 Å². The summed E-state index contributed by atoms with van der Waals surface area (Å²) in [5.74, 6) is 2.71. The molecule has 1 aliphatic carbocycles. The standard InChI is InChI=1S/C19H23N7/c1-24(2)17-11-18(22-13-21-17)25-6-8-26(9-7-25)19-15(12-20)10-14-4-3-5-16(14)23-19/h10-11,13H,3-9H2,1-2H3. The maximum absolute atomic E-state index is 9.54. The van der Waals surface area contributed by atoms with Crippen LogP contribution in [0.1, 0.15) is 23.2 Å². The molecule has 7 nitrogen and oxygen atoms in total. The number of pyridine rings is 1. The van der Waals surface area contributed by atoms with Gasteiger partial charge >= 0.3 is 0 Å². The molecule has 2 aromatic heterocycles. The summed E-state index contributed by atoms with van der Waals surface area (Å²) in [6, 6.07) is 6.41. The average molecular weight is 349 g/mol. The Balaban J connectivity index is 1.51. The summed E-state index contributed by atoms with van der Waals surface area (Å²) in [6.07, 6.45) is 4.84. The van der Waals surface area contributed by atoms with Gasteiger partial charge in [-0.05, 0) is 30.9 Å². The van der Waals surface area contributed by atoms with Crippen LogP contribution in [-0.4, -0.2) is 55.2 Å². The fourth-order valence-corrected chi connectivity index (χ4v) is 3.69. The van der Waals surface area contributed by atoms with E-state index in [0.717, 1.165) is 62.9 Å². The van der Waals surface area contributed by atoms with Gasteiger partial charge in [0, 0.05) is 52.0 Å². The Morgan fingerprint density at radius 1 is 1.04 bits per heavy atom. The largest absolute Gasteiger partial charge is 0.363 e. The van der Waals surface area contributed by atoms with Crippen LogP contribution in [-0.2, 0) is 12.8 Å². The van der Waals surface area contributed by atoms with E-state index in [1.54, 1.807) is 6.33 Å². The zero-order chi connectivity index (χ0) is 18.1. The quantitative estimate of drug-likeness (QED) is 0.834. The van der Waals surface area contributed by atoms with Crippen molar-refractivity contribution in [2.24, 2.45) is 0 Å². The number of nitrogens with zero attached hydrogens (tertiary/aromatic N) is 7. The first-order valence-corrected chi connectivity index (χ1v) is 9.08. The van der Waals surface area contributed by atoms with Gasteiger partial charge in [-0.2, -0.15) is 5.26 Å². The van der Waals surface area contributed by atoms with Crippen LogP contribution >= 0.6 is 0 Å². The number of nitriles is 1. The maximum Gasteiger partial charge on any atom is 0.146 e. The first-order valence-electron chi connectivity index (χ1n) is 9.08. The van der Waals surface area contributed by atoms with Crippen molar-refractivity contribution in [1.82, 2.24) is 15.0 Å². The summed E-state index contributed by atoms with van der Waals surface area (Å²) < 4.78 is 0. The lowest BCUT2D eigenvalue weighted by molar-refractivity contribution is 0.639. The molecule has 1 aliphatic heterocycles. The van der Waals surface area contributed by atoms with E-state index in [0.29, 0.717) is 5.56 Å². The Kier molecular flexibility index (Phi) is 4.33. The molecule has 3 heterocycles. The molecule has 0 atom stereocenters. The molecule has 0 N–H and O–H groups in total. The lowest BCUT2D eigenvalue weighted by atomic mass is 10.1. The van der Waals surface area contributed by atoms with Crippen molar-refractivity contribution in [3.63, 3.8) is 0 Å². The second-order valence-electron chi connectivity index (χ2n) is 7.03. The molecule has 4 rings (SSSR count). The molecule has 7 heteroatoms. The van der Waals surface area contributed by atoms with Gasteiger partial charge in [-0.25, -0.2) is 15.0 Å². The highest BCUT2D eigenvalue weighted by molar-refractivity contribution is 5.58. The number of aryl methyl sites for hydroxylation is 2. The third-order valence-corrected chi connectivity index (χ3v) is 5.15. The van der Waals surface area contributed by atoms with E-state index in [4.69, 9.17) is 4.98 Å². The Hall–Kier alpha value is -2.88. The topological polar surface area (TPSA) is 72.2 Å². The van der Waals surface area contributed by atoms with Gasteiger partial charge in [-0.3, -0.25) is 0 Å². The van der Waals surface area contributed by atoms with Gasteiger partial charge in [0.1, 0.15) is 29.9 Å². The third kappa shape index (κ3) is 3.03. The summed E-state index contributed by atoms with van der Waals surface area (Å²) in [7, 11) is 3.96. The normalized spacial score (nSPS) is 16.3. The molecule has 0 unspecified atom stereocenters. The third-order valence-electron chi connectivity index (χ3n) is 5.15. The van der Waals surface area contributed by atoms with E-state index in [-0.39, 0.29) is 0 Å². The first kappa shape index (κ1) is 16.6. The molecule has 1 fully saturated rings. The van der Waals surface area contributed by atoms with Crippen molar-refractivity contribution in [3.05, 3.63) is 35.3 Å². The smallest absolute Gasteiger partial charge is 0.146 e. The number of hydrogen-bond acceptors (Lipinski definition) is 7. The molecule has 2 aliphatic rings. The molecule has 0 saturated carbocycles. The first-order chi connectivity index (χ1) is 12.7. The van der Waals surface area contributed by atoms with Crippen LogP contribution in [0.4, 0.5) is 17.5 Å². The summed E-state index contributed by atoms with van der Waals surface area (Å²) >= 11 is 0. The Morgan fingerprint density at radius 3 is 2.54 bits per heavy atom. The van der Waals surface area contributed by atoms with E-state index in [1.807, 2.05) is 31.1 Å². The van der Waals surface area contributed by atoms with Gasteiger partial charge in [-0.1, -0.05) is 0 Å². The Bertz CT molecular complexity index is 847. The van der Waals surface area contributed by atoms with Crippen molar-refractivity contribution in [3.8, 4) is 6.07 Å². The van der Waals surface area contributed by atoms with Crippen LogP contribution < -0.4 is 14.7 Å². The molecule has 26 heavy (non-hydrogen) atoms. The Labute approximate surface area is 153 Å². The van der Waals surface area contributed by atoms with E-state index in [9.17, 15) is 5.26 Å². The number of fused-ring (bicyclic) bond motifs is 1. The maximum atomic E-state index is 9.54. The van der Waals surface area contributed by atoms with Crippen molar-refractivity contribution in [2.75, 3.05) is 55.0 Å². The molecular weight excluding hydrogens is 326 g/mol. The van der Waals surface area contributed by atoms with Crippen LogP contribution in [0.5, 0.6) is 0 Å². The van der Waals surface area contributed by atoms with Crippen LogP contribution in [0.25, 0.3) is 0 Å². The minimum absolute atomic E-state index is 0.705. The molecule has 0 bridgehead atoms. The van der Waals surface area contributed by atoms with Gasteiger partial charge in [0.25, 0.3) is 0 Å². The second-order valence-corrected chi connectivity index (χ2v) is 7.03. The van der Waals surface area contributed by atoms with E-state index < -0.39 is 0 Å². The highest BCUT2D eigenvalue weighted by Crippen LogP contribution is 2.28. The van der Waals surface area contributed by atoms with Gasteiger partial charge in [-0.15, -0.1) is 0 Å². The minimum Gasteiger partial charge on any atom is -0.363 e. The summed E-state index contributed by atoms with van der Waals surface area (Å²) in [5.41, 5.74) is 3.13. The number of rotatable bonds is 3. The highest BCUT2D eigenvalue weighted by Gasteiger charge is 2.24. The summed E-state index contributed by atoms with van der Waals surface area (Å²) in [5, 5.41) is 9.54. The number of aromatic nitrogens is 3. The Morgan fingerprint density at radius 2 is 1.81 bits per heavy atom. The van der Waals surface area contributed by atoms with Gasteiger partial charge < -0.3 is 14.7 Å². The van der Waals surface area contributed by atoms with Crippen molar-refractivity contribution in [1.29, 1.82) is 5.26 Å².